The molecule has 2 heterocycles. The topological polar surface area (TPSA) is 62.6 Å². The molecule has 1 aromatic heterocycles. The number of furan rings is 1. The van der Waals surface area contributed by atoms with Crippen molar-refractivity contribution in [1.29, 1.82) is 0 Å². The molecular weight excluding hydrogens is 292 g/mol. The van der Waals surface area contributed by atoms with Crippen LogP contribution in [0.1, 0.15) is 57.1 Å². The lowest BCUT2D eigenvalue weighted by molar-refractivity contribution is -0.138. The summed E-state index contributed by atoms with van der Waals surface area (Å²) in [6.45, 7) is 0.694. The summed E-state index contributed by atoms with van der Waals surface area (Å²) >= 11 is 0. The largest absolute Gasteiger partial charge is 0.469 e. The van der Waals surface area contributed by atoms with Gasteiger partial charge in [0, 0.05) is 25.4 Å². The Kier molecular flexibility index (Phi) is 5.36. The Labute approximate surface area is 137 Å². The van der Waals surface area contributed by atoms with Gasteiger partial charge in [-0.15, -0.1) is 0 Å². The van der Waals surface area contributed by atoms with Crippen LogP contribution in [0.5, 0.6) is 0 Å². The third-order valence-corrected chi connectivity index (χ3v) is 4.99. The van der Waals surface area contributed by atoms with Gasteiger partial charge in [-0.25, -0.2) is 0 Å². The number of aryl methyl sites for hydroxylation is 1. The molecule has 23 heavy (non-hydrogen) atoms. The van der Waals surface area contributed by atoms with E-state index in [1.165, 1.54) is 19.3 Å². The summed E-state index contributed by atoms with van der Waals surface area (Å²) in [6, 6.07) is 3.73. The first-order valence-corrected chi connectivity index (χ1v) is 8.86. The molecule has 1 aliphatic heterocycles. The highest BCUT2D eigenvalue weighted by Gasteiger charge is 2.34. The minimum Gasteiger partial charge on any atom is -0.469 e. The lowest BCUT2D eigenvalue weighted by Gasteiger charge is -2.28. The van der Waals surface area contributed by atoms with Crippen LogP contribution < -0.4 is 5.32 Å². The van der Waals surface area contributed by atoms with Gasteiger partial charge in [0.2, 0.25) is 11.8 Å². The maximum Gasteiger partial charge on any atom is 0.243 e. The van der Waals surface area contributed by atoms with Crippen LogP contribution in [0, 0.1) is 0 Å². The Balaban J connectivity index is 1.51. The van der Waals surface area contributed by atoms with Gasteiger partial charge in [0.25, 0.3) is 0 Å². The summed E-state index contributed by atoms with van der Waals surface area (Å²) in [4.78, 5) is 26.8. The number of hydrogen-bond acceptors (Lipinski definition) is 3. The van der Waals surface area contributed by atoms with Crippen LogP contribution in [-0.4, -0.2) is 35.3 Å². The lowest BCUT2D eigenvalue weighted by atomic mass is 9.95. The molecule has 3 rings (SSSR count). The van der Waals surface area contributed by atoms with E-state index in [-0.39, 0.29) is 17.9 Å². The van der Waals surface area contributed by atoms with Gasteiger partial charge < -0.3 is 14.6 Å². The van der Waals surface area contributed by atoms with Crippen molar-refractivity contribution in [3.63, 3.8) is 0 Å². The fraction of sp³-hybridized carbons (Fsp3) is 0.667. The number of rotatable bonds is 5. The van der Waals surface area contributed by atoms with Crippen LogP contribution in [0.15, 0.2) is 22.8 Å². The van der Waals surface area contributed by atoms with Crippen LogP contribution in [0.4, 0.5) is 0 Å². The SMILES string of the molecule is O=C(NC1CCCCC1)[C@H]1CCCN1C(=O)CCc1ccco1. The molecule has 5 nitrogen and oxygen atoms in total. The first-order valence-electron chi connectivity index (χ1n) is 8.86. The highest BCUT2D eigenvalue weighted by atomic mass is 16.3. The van der Waals surface area contributed by atoms with E-state index in [4.69, 9.17) is 4.42 Å². The zero-order valence-corrected chi connectivity index (χ0v) is 13.6. The molecular formula is C18H26N2O3. The molecule has 2 fully saturated rings. The molecule has 0 aromatic carbocycles. The molecule has 0 radical (unpaired) electrons. The second-order valence-corrected chi connectivity index (χ2v) is 6.67. The van der Waals surface area contributed by atoms with Gasteiger partial charge in [-0.1, -0.05) is 19.3 Å². The maximum absolute atomic E-state index is 12.5. The van der Waals surface area contributed by atoms with Gasteiger partial charge in [-0.05, 0) is 37.8 Å². The van der Waals surface area contributed by atoms with Gasteiger partial charge in [0.1, 0.15) is 11.8 Å². The van der Waals surface area contributed by atoms with Crippen molar-refractivity contribution in [1.82, 2.24) is 10.2 Å². The highest BCUT2D eigenvalue weighted by molar-refractivity contribution is 5.88. The van der Waals surface area contributed by atoms with Gasteiger partial charge in [0.15, 0.2) is 0 Å². The van der Waals surface area contributed by atoms with Gasteiger partial charge in [-0.2, -0.15) is 0 Å². The van der Waals surface area contributed by atoms with Crippen LogP contribution in [-0.2, 0) is 16.0 Å². The average Bonchev–Trinajstić information content (AvgIpc) is 3.25. The Hall–Kier alpha value is -1.78. The molecule has 2 amide bonds. The first kappa shape index (κ1) is 16.1. The molecule has 1 N–H and O–H groups in total. The number of carbonyl (C=O) groups is 2. The summed E-state index contributed by atoms with van der Waals surface area (Å²) in [5.41, 5.74) is 0. The van der Waals surface area contributed by atoms with E-state index in [0.717, 1.165) is 31.4 Å². The number of likely N-dealkylation sites (tertiary alicyclic amines) is 1. The highest BCUT2D eigenvalue weighted by Crippen LogP contribution is 2.22. The van der Waals surface area contributed by atoms with Crippen molar-refractivity contribution >= 4 is 11.8 Å². The number of nitrogens with one attached hydrogen (secondary N) is 1. The van der Waals surface area contributed by atoms with E-state index >= 15 is 0 Å². The molecule has 1 saturated carbocycles. The number of nitrogens with zero attached hydrogens (tertiary/aromatic N) is 1. The fourth-order valence-corrected chi connectivity index (χ4v) is 3.71. The minimum atomic E-state index is -0.277. The second kappa shape index (κ2) is 7.66. The number of carbonyl (C=O) groups excluding carboxylic acids is 2. The maximum atomic E-state index is 12.5. The van der Waals surface area contributed by atoms with E-state index in [1.807, 2.05) is 12.1 Å². The Morgan fingerprint density at radius 3 is 2.74 bits per heavy atom. The molecule has 0 bridgehead atoms. The predicted octanol–water partition coefficient (Wildman–Crippen LogP) is 2.65. The fourth-order valence-electron chi connectivity index (χ4n) is 3.71. The van der Waals surface area contributed by atoms with E-state index in [0.29, 0.717) is 25.4 Å². The summed E-state index contributed by atoms with van der Waals surface area (Å²) in [7, 11) is 0. The van der Waals surface area contributed by atoms with Gasteiger partial charge in [-0.3, -0.25) is 9.59 Å². The number of hydrogen-bond donors (Lipinski definition) is 1. The van der Waals surface area contributed by atoms with Crippen molar-refractivity contribution in [2.24, 2.45) is 0 Å². The molecule has 1 aliphatic carbocycles. The van der Waals surface area contributed by atoms with Crippen molar-refractivity contribution in [2.75, 3.05) is 6.54 Å². The summed E-state index contributed by atoms with van der Waals surface area (Å²) < 4.78 is 5.27. The van der Waals surface area contributed by atoms with E-state index < -0.39 is 0 Å². The Morgan fingerprint density at radius 1 is 1.17 bits per heavy atom. The molecule has 1 aromatic rings. The standard InChI is InChI=1S/C18H26N2O3/c21-17(11-10-15-8-5-13-23-15)20-12-4-9-16(20)18(22)19-14-6-2-1-3-7-14/h5,8,13-14,16H,1-4,6-7,9-12H2,(H,19,22)/t16-/m1/s1. The second-order valence-electron chi connectivity index (χ2n) is 6.67. The smallest absolute Gasteiger partial charge is 0.243 e. The van der Waals surface area contributed by atoms with Crippen molar-refractivity contribution < 1.29 is 14.0 Å². The summed E-state index contributed by atoms with van der Waals surface area (Å²) in [6.07, 6.45) is 10.1. The molecule has 126 valence electrons. The monoisotopic (exact) mass is 318 g/mol. The van der Waals surface area contributed by atoms with Crippen molar-refractivity contribution in [2.45, 2.75) is 69.9 Å². The van der Waals surface area contributed by atoms with E-state index in [9.17, 15) is 9.59 Å². The van der Waals surface area contributed by atoms with Crippen molar-refractivity contribution in [3.05, 3.63) is 24.2 Å². The third-order valence-electron chi connectivity index (χ3n) is 4.99. The minimum absolute atomic E-state index is 0.0424. The van der Waals surface area contributed by atoms with Crippen LogP contribution >= 0.6 is 0 Å². The Bertz CT molecular complexity index is 520. The summed E-state index contributed by atoms with van der Waals surface area (Å²) in [5, 5.41) is 3.16. The quantitative estimate of drug-likeness (QED) is 0.908. The zero-order chi connectivity index (χ0) is 16.1. The molecule has 5 heteroatoms. The van der Waals surface area contributed by atoms with Gasteiger partial charge in [0.05, 0.1) is 6.26 Å². The normalized spacial score (nSPS) is 22.3. The van der Waals surface area contributed by atoms with Crippen LogP contribution in [0.25, 0.3) is 0 Å². The molecule has 1 atom stereocenters. The van der Waals surface area contributed by atoms with Crippen LogP contribution in [0.3, 0.4) is 0 Å². The van der Waals surface area contributed by atoms with Gasteiger partial charge >= 0.3 is 0 Å². The first-order chi connectivity index (χ1) is 11.2. The van der Waals surface area contributed by atoms with Crippen LogP contribution in [0.2, 0.25) is 0 Å². The average molecular weight is 318 g/mol. The molecule has 0 spiro atoms. The Morgan fingerprint density at radius 2 is 2.00 bits per heavy atom. The number of amides is 2. The van der Waals surface area contributed by atoms with Crippen molar-refractivity contribution in [3.8, 4) is 0 Å². The van der Waals surface area contributed by atoms with E-state index in [2.05, 4.69) is 5.32 Å². The zero-order valence-electron chi connectivity index (χ0n) is 13.6. The third kappa shape index (κ3) is 4.15. The lowest BCUT2D eigenvalue weighted by Crippen LogP contribution is -2.49. The molecule has 1 saturated heterocycles. The predicted molar refractivity (Wildman–Crippen MR) is 86.8 cm³/mol. The molecule has 2 aliphatic rings. The molecule has 0 unspecified atom stereocenters. The van der Waals surface area contributed by atoms with E-state index in [1.54, 1.807) is 11.2 Å². The summed E-state index contributed by atoms with van der Waals surface area (Å²) in [5.74, 6) is 0.921.